The van der Waals surface area contributed by atoms with Crippen LogP contribution in [0.3, 0.4) is 0 Å². The highest BCUT2D eigenvalue weighted by atomic mass is 16.3. The van der Waals surface area contributed by atoms with Gasteiger partial charge in [0.25, 0.3) is 0 Å². The van der Waals surface area contributed by atoms with E-state index in [0.717, 1.165) is 11.6 Å². The summed E-state index contributed by atoms with van der Waals surface area (Å²) in [4.78, 5) is 3.98. The van der Waals surface area contributed by atoms with Crippen LogP contribution in [0.5, 0.6) is 0 Å². The Morgan fingerprint density at radius 2 is 2.54 bits per heavy atom. The molecule has 0 radical (unpaired) electrons. The van der Waals surface area contributed by atoms with Crippen molar-refractivity contribution in [3.8, 4) is 0 Å². The minimum atomic E-state index is 0.742. The Bertz CT molecular complexity index is 310. The van der Waals surface area contributed by atoms with Gasteiger partial charge in [-0.1, -0.05) is 6.58 Å². The van der Waals surface area contributed by atoms with Gasteiger partial charge in [-0.05, 0) is 30.5 Å². The molecule has 0 fully saturated rings. The maximum atomic E-state index is 5.11. The second-order valence-electron chi connectivity index (χ2n) is 2.31. The molecule has 1 aromatic rings. The Balaban J connectivity index is 2.61. The van der Waals surface area contributed by atoms with Crippen molar-refractivity contribution in [2.24, 2.45) is 4.99 Å². The number of nitrogens with one attached hydrogen (secondary N) is 1. The van der Waals surface area contributed by atoms with Gasteiger partial charge in [-0.2, -0.15) is 0 Å². The molecule has 0 bridgehead atoms. The second kappa shape index (κ2) is 4.98. The Labute approximate surface area is 77.5 Å². The summed E-state index contributed by atoms with van der Waals surface area (Å²) in [5.41, 5.74) is 0. The third kappa shape index (κ3) is 2.99. The second-order valence-corrected chi connectivity index (χ2v) is 2.31. The molecule has 0 aliphatic heterocycles. The zero-order valence-corrected chi connectivity index (χ0v) is 7.53. The van der Waals surface area contributed by atoms with Gasteiger partial charge in [0.05, 0.1) is 6.26 Å². The van der Waals surface area contributed by atoms with Crippen molar-refractivity contribution >= 4 is 11.9 Å². The number of furan rings is 1. The zero-order valence-electron chi connectivity index (χ0n) is 7.53. The van der Waals surface area contributed by atoms with Crippen molar-refractivity contribution in [2.45, 2.75) is 0 Å². The normalized spacial score (nSPS) is 11.9. The average Bonchev–Trinajstić information content (AvgIpc) is 2.64. The average molecular weight is 176 g/mol. The molecule has 0 atom stereocenters. The minimum Gasteiger partial charge on any atom is -0.465 e. The van der Waals surface area contributed by atoms with Gasteiger partial charge in [-0.3, -0.25) is 4.99 Å². The highest BCUT2D eigenvalue weighted by Crippen LogP contribution is 2.01. The molecule has 3 heteroatoms. The first-order chi connectivity index (χ1) is 6.36. The molecular weight excluding hydrogens is 164 g/mol. The van der Waals surface area contributed by atoms with Gasteiger partial charge >= 0.3 is 0 Å². The van der Waals surface area contributed by atoms with Gasteiger partial charge in [0.1, 0.15) is 11.6 Å². The molecule has 1 rings (SSSR count). The molecular formula is C10H12N2O. The van der Waals surface area contributed by atoms with Crippen LogP contribution in [0.2, 0.25) is 0 Å². The molecule has 1 N–H and O–H groups in total. The monoisotopic (exact) mass is 176 g/mol. The smallest absolute Gasteiger partial charge is 0.126 e. The third-order valence-electron chi connectivity index (χ3n) is 1.44. The number of amidine groups is 1. The van der Waals surface area contributed by atoms with E-state index < -0.39 is 0 Å². The van der Waals surface area contributed by atoms with E-state index in [1.54, 1.807) is 19.5 Å². The van der Waals surface area contributed by atoms with E-state index in [0.29, 0.717) is 0 Å². The summed E-state index contributed by atoms with van der Waals surface area (Å²) in [5, 5.41) is 2.88. The molecule has 13 heavy (non-hydrogen) atoms. The largest absolute Gasteiger partial charge is 0.465 e. The van der Waals surface area contributed by atoms with Crippen molar-refractivity contribution in [3.05, 3.63) is 43.0 Å². The Morgan fingerprint density at radius 1 is 1.69 bits per heavy atom. The molecule has 0 aromatic carbocycles. The van der Waals surface area contributed by atoms with Gasteiger partial charge < -0.3 is 9.73 Å². The molecule has 0 aliphatic carbocycles. The summed E-state index contributed by atoms with van der Waals surface area (Å²) in [6, 6.07) is 3.71. The van der Waals surface area contributed by atoms with Gasteiger partial charge in [-0.15, -0.1) is 0 Å². The quantitative estimate of drug-likeness (QED) is 0.565. The maximum absolute atomic E-state index is 5.11. The molecule has 0 amide bonds. The summed E-state index contributed by atoms with van der Waals surface area (Å²) < 4.78 is 5.11. The predicted octanol–water partition coefficient (Wildman–Crippen LogP) is 2.05. The molecule has 0 saturated carbocycles. The van der Waals surface area contributed by atoms with E-state index in [1.165, 1.54) is 0 Å². The Morgan fingerprint density at radius 3 is 3.08 bits per heavy atom. The van der Waals surface area contributed by atoms with Crippen molar-refractivity contribution in [1.82, 2.24) is 5.32 Å². The van der Waals surface area contributed by atoms with Crippen LogP contribution in [0.1, 0.15) is 5.76 Å². The van der Waals surface area contributed by atoms with Gasteiger partial charge in [-0.25, -0.2) is 0 Å². The van der Waals surface area contributed by atoms with Gasteiger partial charge in [0.15, 0.2) is 0 Å². The van der Waals surface area contributed by atoms with Crippen LogP contribution >= 0.6 is 0 Å². The summed E-state index contributed by atoms with van der Waals surface area (Å²) in [6.07, 6.45) is 6.86. The van der Waals surface area contributed by atoms with Crippen molar-refractivity contribution in [1.29, 1.82) is 0 Å². The van der Waals surface area contributed by atoms with Crippen LogP contribution in [0, 0.1) is 0 Å². The lowest BCUT2D eigenvalue weighted by Crippen LogP contribution is -2.13. The lowest BCUT2D eigenvalue weighted by Gasteiger charge is -1.96. The van der Waals surface area contributed by atoms with Gasteiger partial charge in [0, 0.05) is 7.05 Å². The molecule has 68 valence electrons. The van der Waals surface area contributed by atoms with Crippen LogP contribution in [0.4, 0.5) is 0 Å². The molecule has 0 unspecified atom stereocenters. The number of hydrogen-bond acceptors (Lipinski definition) is 2. The molecule has 0 spiro atoms. The van der Waals surface area contributed by atoms with Gasteiger partial charge in [0.2, 0.25) is 0 Å². The number of hydrogen-bond donors (Lipinski definition) is 1. The van der Waals surface area contributed by atoms with Crippen molar-refractivity contribution in [2.75, 3.05) is 7.05 Å². The van der Waals surface area contributed by atoms with Crippen molar-refractivity contribution < 1.29 is 4.42 Å². The number of rotatable bonds is 3. The van der Waals surface area contributed by atoms with Crippen LogP contribution in [-0.4, -0.2) is 12.9 Å². The van der Waals surface area contributed by atoms with Crippen LogP contribution in [0.25, 0.3) is 6.08 Å². The third-order valence-corrected chi connectivity index (χ3v) is 1.44. The minimum absolute atomic E-state index is 0.742. The summed E-state index contributed by atoms with van der Waals surface area (Å²) >= 11 is 0. The fourth-order valence-electron chi connectivity index (χ4n) is 0.839. The van der Waals surface area contributed by atoms with E-state index >= 15 is 0 Å². The standard InChI is InChI=1S/C10H12N2O/c1-3-12-10(11-2)7-6-9-5-4-8-13-9/h3-8H,1H2,2H3,(H,11,12)/b7-6+. The van der Waals surface area contributed by atoms with E-state index in [2.05, 4.69) is 16.9 Å². The molecule has 1 aromatic heterocycles. The molecule has 0 saturated heterocycles. The molecule has 1 heterocycles. The number of nitrogens with zero attached hydrogens (tertiary/aromatic N) is 1. The van der Waals surface area contributed by atoms with E-state index in [9.17, 15) is 0 Å². The first-order valence-electron chi connectivity index (χ1n) is 3.92. The molecule has 0 aliphatic rings. The first kappa shape index (κ1) is 9.32. The lowest BCUT2D eigenvalue weighted by atomic mass is 10.4. The fourth-order valence-corrected chi connectivity index (χ4v) is 0.839. The van der Waals surface area contributed by atoms with Crippen LogP contribution < -0.4 is 5.32 Å². The highest BCUT2D eigenvalue weighted by molar-refractivity contribution is 5.96. The lowest BCUT2D eigenvalue weighted by molar-refractivity contribution is 0.557. The summed E-state index contributed by atoms with van der Waals surface area (Å²) in [5.74, 6) is 1.54. The van der Waals surface area contributed by atoms with E-state index in [-0.39, 0.29) is 0 Å². The highest BCUT2D eigenvalue weighted by Gasteiger charge is 1.89. The SMILES string of the molecule is C=CNC(/C=C/c1ccco1)=NC. The fraction of sp³-hybridized carbons (Fsp3) is 0.100. The van der Waals surface area contributed by atoms with E-state index in [1.807, 2.05) is 24.3 Å². The van der Waals surface area contributed by atoms with Crippen LogP contribution in [0.15, 0.2) is 46.7 Å². The Kier molecular flexibility index (Phi) is 3.57. The maximum Gasteiger partial charge on any atom is 0.126 e. The predicted molar refractivity (Wildman–Crippen MR) is 54.4 cm³/mol. The first-order valence-corrected chi connectivity index (χ1v) is 3.92. The van der Waals surface area contributed by atoms with Crippen LogP contribution in [-0.2, 0) is 0 Å². The Hall–Kier alpha value is -1.77. The van der Waals surface area contributed by atoms with Crippen molar-refractivity contribution in [3.63, 3.8) is 0 Å². The summed E-state index contributed by atoms with van der Waals surface area (Å²) in [7, 11) is 1.71. The van der Waals surface area contributed by atoms with E-state index in [4.69, 9.17) is 4.42 Å². The summed E-state index contributed by atoms with van der Waals surface area (Å²) in [6.45, 7) is 3.54. The topological polar surface area (TPSA) is 37.5 Å². The molecule has 3 nitrogen and oxygen atoms in total. The number of aliphatic imine (C=N–C) groups is 1. The zero-order chi connectivity index (χ0) is 9.52.